The molecule has 0 aliphatic heterocycles. The molecule has 0 aliphatic rings. The second kappa shape index (κ2) is 7.87. The standard InChI is InChI=1S/C19H12Cl4O5S/c20-10-5-6-13(16(24)8-10)19(29(26,27)28,12-3-1-2-4-14(12)22)18-15(23)7-11(21)9-17(18)25/h1-9,24-25H,(H,26,27,28). The molecule has 1 atom stereocenters. The van der Waals surface area contributed by atoms with Crippen LogP contribution >= 0.6 is 46.4 Å². The Morgan fingerprint density at radius 1 is 0.724 bits per heavy atom. The lowest BCUT2D eigenvalue weighted by molar-refractivity contribution is 0.428. The van der Waals surface area contributed by atoms with Crippen LogP contribution in [0.25, 0.3) is 0 Å². The maximum Gasteiger partial charge on any atom is 0.283 e. The molecule has 1 unspecified atom stereocenters. The van der Waals surface area contributed by atoms with Gasteiger partial charge in [0.25, 0.3) is 10.1 Å². The molecule has 0 aromatic heterocycles. The molecule has 0 aliphatic carbocycles. The van der Waals surface area contributed by atoms with Crippen LogP contribution in [0.15, 0.2) is 54.6 Å². The largest absolute Gasteiger partial charge is 0.508 e. The second-order valence-corrected chi connectivity index (χ2v) is 9.33. The average Bonchev–Trinajstić information content (AvgIpc) is 2.58. The molecule has 3 aromatic carbocycles. The van der Waals surface area contributed by atoms with Crippen molar-refractivity contribution in [3.8, 4) is 11.5 Å². The van der Waals surface area contributed by atoms with Gasteiger partial charge in [0.2, 0.25) is 0 Å². The molecule has 0 saturated carbocycles. The summed E-state index contributed by atoms with van der Waals surface area (Å²) < 4.78 is 33.9. The minimum Gasteiger partial charge on any atom is -0.508 e. The van der Waals surface area contributed by atoms with E-state index in [1.165, 1.54) is 36.4 Å². The number of benzene rings is 3. The van der Waals surface area contributed by atoms with E-state index in [0.29, 0.717) is 0 Å². The van der Waals surface area contributed by atoms with E-state index < -0.39 is 31.9 Å². The van der Waals surface area contributed by atoms with Gasteiger partial charge in [-0.1, -0.05) is 70.7 Å². The molecule has 0 spiro atoms. The summed E-state index contributed by atoms with van der Waals surface area (Å²) in [6.07, 6.45) is 0. The zero-order chi connectivity index (χ0) is 21.6. The zero-order valence-electron chi connectivity index (χ0n) is 14.3. The van der Waals surface area contributed by atoms with Crippen LogP contribution in [0.2, 0.25) is 20.1 Å². The number of aromatic hydroxyl groups is 2. The number of hydrogen-bond acceptors (Lipinski definition) is 4. The number of phenols is 2. The molecule has 0 bridgehead atoms. The molecular formula is C19H12Cl4O5S. The predicted molar refractivity (Wildman–Crippen MR) is 114 cm³/mol. The predicted octanol–water partition coefficient (Wildman–Crippen LogP) is 5.89. The van der Waals surface area contributed by atoms with E-state index in [2.05, 4.69) is 0 Å². The van der Waals surface area contributed by atoms with Crippen LogP contribution in [0.4, 0.5) is 0 Å². The van der Waals surface area contributed by atoms with E-state index in [1.54, 1.807) is 6.07 Å². The lowest BCUT2D eigenvalue weighted by Crippen LogP contribution is -2.39. The molecule has 0 saturated heterocycles. The Hall–Kier alpha value is -1.67. The van der Waals surface area contributed by atoms with Crippen LogP contribution < -0.4 is 0 Å². The maximum absolute atomic E-state index is 13.0. The van der Waals surface area contributed by atoms with Gasteiger partial charge >= 0.3 is 0 Å². The van der Waals surface area contributed by atoms with Crippen molar-refractivity contribution in [3.63, 3.8) is 0 Å². The first-order valence-electron chi connectivity index (χ1n) is 7.89. The van der Waals surface area contributed by atoms with Gasteiger partial charge in [0.15, 0.2) is 4.75 Å². The normalized spacial score (nSPS) is 13.8. The third-order valence-corrected chi connectivity index (χ3v) is 6.86. The first-order chi connectivity index (χ1) is 13.5. The van der Waals surface area contributed by atoms with E-state index in [0.717, 1.165) is 12.1 Å². The van der Waals surface area contributed by atoms with Gasteiger partial charge in [0, 0.05) is 31.8 Å². The van der Waals surface area contributed by atoms with E-state index in [1.807, 2.05) is 0 Å². The molecule has 3 N–H and O–H groups in total. The molecule has 0 fully saturated rings. The average molecular weight is 494 g/mol. The zero-order valence-corrected chi connectivity index (χ0v) is 18.1. The molecule has 5 nitrogen and oxygen atoms in total. The van der Waals surface area contributed by atoms with Crippen molar-refractivity contribution in [2.45, 2.75) is 4.75 Å². The number of hydrogen-bond donors (Lipinski definition) is 3. The van der Waals surface area contributed by atoms with Crippen molar-refractivity contribution in [3.05, 3.63) is 91.4 Å². The summed E-state index contributed by atoms with van der Waals surface area (Å²) in [5.74, 6) is -1.20. The van der Waals surface area contributed by atoms with Gasteiger partial charge in [-0.25, -0.2) is 0 Å². The highest BCUT2D eigenvalue weighted by Crippen LogP contribution is 2.54. The quantitative estimate of drug-likeness (QED) is 0.311. The van der Waals surface area contributed by atoms with Crippen molar-refractivity contribution in [1.82, 2.24) is 0 Å². The molecule has 3 rings (SSSR count). The molecular weight excluding hydrogens is 482 g/mol. The highest BCUT2D eigenvalue weighted by molar-refractivity contribution is 7.87. The number of rotatable bonds is 4. The topological polar surface area (TPSA) is 94.8 Å². The Morgan fingerprint density at radius 3 is 1.90 bits per heavy atom. The summed E-state index contributed by atoms with van der Waals surface area (Å²) in [7, 11) is -5.18. The molecule has 0 heterocycles. The van der Waals surface area contributed by atoms with Crippen molar-refractivity contribution < 1.29 is 23.2 Å². The summed E-state index contributed by atoms with van der Waals surface area (Å²) in [5.41, 5.74) is -0.907. The van der Waals surface area contributed by atoms with Crippen LogP contribution in [-0.4, -0.2) is 23.2 Å². The Bertz CT molecular complexity index is 1190. The van der Waals surface area contributed by atoms with E-state index >= 15 is 0 Å². The summed E-state index contributed by atoms with van der Waals surface area (Å²) >= 11 is 24.4. The Morgan fingerprint density at radius 2 is 1.34 bits per heavy atom. The smallest absolute Gasteiger partial charge is 0.283 e. The minimum absolute atomic E-state index is 0.0278. The summed E-state index contributed by atoms with van der Waals surface area (Å²) in [6.45, 7) is 0. The van der Waals surface area contributed by atoms with E-state index in [4.69, 9.17) is 46.4 Å². The van der Waals surface area contributed by atoms with Gasteiger partial charge in [0.1, 0.15) is 11.5 Å². The lowest BCUT2D eigenvalue weighted by atomic mass is 9.82. The third kappa shape index (κ3) is 3.65. The van der Waals surface area contributed by atoms with Gasteiger partial charge in [-0.3, -0.25) is 4.55 Å². The van der Waals surface area contributed by atoms with Crippen LogP contribution in [-0.2, 0) is 14.9 Å². The fourth-order valence-corrected chi connectivity index (χ4v) is 5.84. The Labute approximate surface area is 186 Å². The summed E-state index contributed by atoms with van der Waals surface area (Å²) in [4.78, 5) is 0. The van der Waals surface area contributed by atoms with Crippen LogP contribution in [0.5, 0.6) is 11.5 Å². The highest BCUT2D eigenvalue weighted by Gasteiger charge is 2.53. The first kappa shape index (κ1) is 22.0. The van der Waals surface area contributed by atoms with Gasteiger partial charge in [0.05, 0.1) is 5.02 Å². The highest BCUT2D eigenvalue weighted by atomic mass is 35.5. The van der Waals surface area contributed by atoms with Crippen molar-refractivity contribution in [1.29, 1.82) is 0 Å². The molecule has 0 radical (unpaired) electrons. The SMILES string of the molecule is O=S(=O)(O)C(c1ccc(Cl)cc1O)(c1ccccc1Cl)c1c(O)cc(Cl)cc1Cl. The monoisotopic (exact) mass is 492 g/mol. The molecule has 3 aromatic rings. The van der Waals surface area contributed by atoms with Gasteiger partial charge in [-0.2, -0.15) is 8.42 Å². The van der Waals surface area contributed by atoms with Gasteiger partial charge in [-0.15, -0.1) is 0 Å². The third-order valence-electron chi connectivity index (χ3n) is 4.37. The van der Waals surface area contributed by atoms with Crippen molar-refractivity contribution >= 4 is 56.5 Å². The first-order valence-corrected chi connectivity index (χ1v) is 10.8. The van der Waals surface area contributed by atoms with E-state index in [9.17, 15) is 23.2 Å². The second-order valence-electron chi connectivity index (χ2n) is 6.08. The maximum atomic E-state index is 13.0. The molecule has 10 heteroatoms. The number of phenolic OH excluding ortho intramolecular Hbond substituents is 2. The van der Waals surface area contributed by atoms with Gasteiger partial charge in [-0.05, 0) is 30.3 Å². The van der Waals surface area contributed by atoms with Gasteiger partial charge < -0.3 is 10.2 Å². The van der Waals surface area contributed by atoms with Crippen molar-refractivity contribution in [2.75, 3.05) is 0 Å². The summed E-state index contributed by atoms with van der Waals surface area (Å²) in [5, 5.41) is 21.0. The fourth-order valence-electron chi connectivity index (χ4n) is 3.28. The lowest BCUT2D eigenvalue weighted by Gasteiger charge is -2.34. The van der Waals surface area contributed by atoms with Crippen LogP contribution in [0.3, 0.4) is 0 Å². The van der Waals surface area contributed by atoms with Crippen molar-refractivity contribution in [2.24, 2.45) is 0 Å². The Balaban J connectivity index is 2.66. The van der Waals surface area contributed by atoms with Crippen LogP contribution in [0, 0.1) is 0 Å². The Kier molecular flexibility index (Phi) is 5.98. The minimum atomic E-state index is -5.18. The summed E-state index contributed by atoms with van der Waals surface area (Å²) in [6, 6.07) is 11.6. The van der Waals surface area contributed by atoms with E-state index in [-0.39, 0.29) is 31.2 Å². The number of halogens is 4. The molecule has 0 amide bonds. The fraction of sp³-hybridized carbons (Fsp3) is 0.0526. The molecule has 29 heavy (non-hydrogen) atoms. The molecule has 152 valence electrons. The van der Waals surface area contributed by atoms with Crippen LogP contribution in [0.1, 0.15) is 16.7 Å².